The Bertz CT molecular complexity index is 1350. The summed E-state index contributed by atoms with van der Waals surface area (Å²) in [5, 5.41) is 0.830. The van der Waals surface area contributed by atoms with E-state index >= 15 is 0 Å². The molecule has 4 aromatic rings. The Morgan fingerprint density at radius 3 is 2.45 bits per heavy atom. The molecule has 0 aliphatic heterocycles. The highest BCUT2D eigenvalue weighted by Crippen LogP contribution is 2.28. The Morgan fingerprint density at radius 1 is 1.00 bits per heavy atom. The molecular formula is C22H21N5O3S. The van der Waals surface area contributed by atoms with Gasteiger partial charge in [0.25, 0.3) is 5.56 Å². The molecule has 0 radical (unpaired) electrons. The smallest absolute Gasteiger partial charge is 0.332 e. The van der Waals surface area contributed by atoms with Crippen molar-refractivity contribution >= 4 is 22.8 Å². The average molecular weight is 436 g/mol. The van der Waals surface area contributed by atoms with E-state index in [2.05, 4.69) is 15.0 Å². The molecule has 4 rings (SSSR count). The highest BCUT2D eigenvalue weighted by molar-refractivity contribution is 7.98. The van der Waals surface area contributed by atoms with Crippen LogP contribution in [-0.4, -0.2) is 30.7 Å². The second kappa shape index (κ2) is 8.73. The van der Waals surface area contributed by atoms with Crippen molar-refractivity contribution in [2.24, 2.45) is 14.1 Å². The van der Waals surface area contributed by atoms with Crippen LogP contribution in [0.4, 0.5) is 0 Å². The molecule has 0 saturated heterocycles. The van der Waals surface area contributed by atoms with Crippen molar-refractivity contribution in [3.63, 3.8) is 0 Å². The third-order valence-electron chi connectivity index (χ3n) is 4.77. The molecule has 0 aliphatic carbocycles. The monoisotopic (exact) mass is 435 g/mol. The maximum atomic E-state index is 12.9. The fourth-order valence-electron chi connectivity index (χ4n) is 3.16. The van der Waals surface area contributed by atoms with Crippen LogP contribution >= 0.6 is 11.8 Å². The summed E-state index contributed by atoms with van der Waals surface area (Å²) >= 11 is 1.39. The molecule has 0 bridgehead atoms. The van der Waals surface area contributed by atoms with Crippen LogP contribution in [-0.2, 0) is 19.8 Å². The number of pyridine rings is 1. The Morgan fingerprint density at radius 2 is 1.77 bits per heavy atom. The van der Waals surface area contributed by atoms with Gasteiger partial charge in [-0.05, 0) is 43.3 Å². The van der Waals surface area contributed by atoms with Gasteiger partial charge in [0.05, 0.1) is 12.3 Å². The predicted octanol–water partition coefficient (Wildman–Crippen LogP) is 2.78. The van der Waals surface area contributed by atoms with Crippen molar-refractivity contribution in [3.8, 4) is 17.1 Å². The molecule has 3 aromatic heterocycles. The molecule has 0 amide bonds. The van der Waals surface area contributed by atoms with Gasteiger partial charge < -0.3 is 4.74 Å². The Labute approximate surface area is 182 Å². The molecule has 0 saturated carbocycles. The van der Waals surface area contributed by atoms with Gasteiger partial charge in [-0.25, -0.2) is 14.8 Å². The Hall–Kier alpha value is -3.46. The number of ether oxygens (including phenoxy) is 1. The molecule has 0 fully saturated rings. The van der Waals surface area contributed by atoms with E-state index in [0.717, 1.165) is 21.6 Å². The van der Waals surface area contributed by atoms with Crippen LogP contribution in [0.2, 0.25) is 0 Å². The minimum absolute atomic E-state index is 0.301. The first kappa shape index (κ1) is 20.8. The van der Waals surface area contributed by atoms with Crippen molar-refractivity contribution < 1.29 is 4.74 Å². The Balaban J connectivity index is 1.88. The minimum atomic E-state index is -0.436. The van der Waals surface area contributed by atoms with E-state index in [9.17, 15) is 9.59 Å². The summed E-state index contributed by atoms with van der Waals surface area (Å²) in [5.74, 6) is 1.71. The first-order valence-corrected chi connectivity index (χ1v) is 10.7. The van der Waals surface area contributed by atoms with Crippen molar-refractivity contribution in [2.45, 2.75) is 17.7 Å². The summed E-state index contributed by atoms with van der Waals surface area (Å²) in [6.07, 6.45) is 1.72. The molecule has 0 atom stereocenters. The number of hydrogen-bond donors (Lipinski definition) is 0. The number of aromatic nitrogens is 5. The van der Waals surface area contributed by atoms with Crippen LogP contribution in [0.5, 0.6) is 5.75 Å². The van der Waals surface area contributed by atoms with Gasteiger partial charge in [0.15, 0.2) is 11.5 Å². The molecule has 0 N–H and O–H groups in total. The SMILES string of the molecule is CCOc1ccc(-c2nc(SCc3ccccn3)c3c(=O)n(C)c(=O)n(C)c3n2)cc1. The highest BCUT2D eigenvalue weighted by atomic mass is 32.2. The van der Waals surface area contributed by atoms with Gasteiger partial charge in [0, 0.05) is 31.6 Å². The summed E-state index contributed by atoms with van der Waals surface area (Å²) in [5.41, 5.74) is 1.08. The average Bonchev–Trinajstić information content (AvgIpc) is 2.81. The van der Waals surface area contributed by atoms with Crippen LogP contribution in [0.3, 0.4) is 0 Å². The number of nitrogens with zero attached hydrogens (tertiary/aromatic N) is 5. The summed E-state index contributed by atoms with van der Waals surface area (Å²) in [4.78, 5) is 39.0. The van der Waals surface area contributed by atoms with Gasteiger partial charge in [0.1, 0.15) is 16.2 Å². The number of hydrogen-bond acceptors (Lipinski definition) is 7. The Kier molecular flexibility index (Phi) is 5.85. The number of benzene rings is 1. The maximum absolute atomic E-state index is 12.9. The van der Waals surface area contributed by atoms with E-state index in [-0.39, 0.29) is 0 Å². The van der Waals surface area contributed by atoms with E-state index in [1.165, 1.54) is 23.4 Å². The topological polar surface area (TPSA) is 91.9 Å². The minimum Gasteiger partial charge on any atom is -0.494 e. The van der Waals surface area contributed by atoms with Crippen LogP contribution in [0, 0.1) is 0 Å². The fourth-order valence-corrected chi connectivity index (χ4v) is 4.08. The lowest BCUT2D eigenvalue weighted by atomic mass is 10.2. The van der Waals surface area contributed by atoms with E-state index in [1.54, 1.807) is 13.2 Å². The molecule has 31 heavy (non-hydrogen) atoms. The molecule has 0 spiro atoms. The first-order chi connectivity index (χ1) is 15.0. The third-order valence-corrected chi connectivity index (χ3v) is 5.78. The van der Waals surface area contributed by atoms with Crippen LogP contribution in [0.15, 0.2) is 63.3 Å². The third kappa shape index (κ3) is 4.09. The zero-order valence-corrected chi connectivity index (χ0v) is 18.2. The van der Waals surface area contributed by atoms with Gasteiger partial charge in [-0.15, -0.1) is 0 Å². The maximum Gasteiger partial charge on any atom is 0.332 e. The van der Waals surface area contributed by atoms with Gasteiger partial charge in [-0.1, -0.05) is 17.8 Å². The van der Waals surface area contributed by atoms with Gasteiger partial charge >= 0.3 is 5.69 Å². The van der Waals surface area contributed by atoms with Crippen molar-refractivity contribution in [3.05, 3.63) is 75.2 Å². The van der Waals surface area contributed by atoms with E-state index in [4.69, 9.17) is 4.74 Å². The molecule has 0 unspecified atom stereocenters. The van der Waals surface area contributed by atoms with Crippen molar-refractivity contribution in [1.29, 1.82) is 0 Å². The summed E-state index contributed by atoms with van der Waals surface area (Å²) in [6, 6.07) is 13.1. The molecule has 9 heteroatoms. The number of rotatable bonds is 6. The van der Waals surface area contributed by atoms with Gasteiger partial charge in [0.2, 0.25) is 0 Å². The van der Waals surface area contributed by atoms with Gasteiger partial charge in [-0.2, -0.15) is 0 Å². The summed E-state index contributed by atoms with van der Waals surface area (Å²) in [6.45, 7) is 2.50. The van der Waals surface area contributed by atoms with Crippen LogP contribution in [0.1, 0.15) is 12.6 Å². The summed E-state index contributed by atoms with van der Waals surface area (Å²) in [7, 11) is 3.06. The predicted molar refractivity (Wildman–Crippen MR) is 120 cm³/mol. The standard InChI is InChI=1S/C22H21N5O3S/c1-4-30-16-10-8-14(9-11-16)18-24-19-17(21(28)27(3)22(29)26(19)2)20(25-18)31-13-15-7-5-6-12-23-15/h5-12H,4,13H2,1-3H3. The van der Waals surface area contributed by atoms with Gasteiger partial charge in [-0.3, -0.25) is 18.9 Å². The number of thioether (sulfide) groups is 1. The quantitative estimate of drug-likeness (QED) is 0.340. The van der Waals surface area contributed by atoms with Crippen LogP contribution in [0.25, 0.3) is 22.4 Å². The second-order valence-electron chi connectivity index (χ2n) is 6.82. The van der Waals surface area contributed by atoms with Crippen molar-refractivity contribution in [2.75, 3.05) is 6.61 Å². The largest absolute Gasteiger partial charge is 0.494 e. The lowest BCUT2D eigenvalue weighted by Gasteiger charge is -2.12. The molecule has 8 nitrogen and oxygen atoms in total. The van der Waals surface area contributed by atoms with E-state index in [1.807, 2.05) is 49.4 Å². The molecule has 3 heterocycles. The normalized spacial score (nSPS) is 11.1. The lowest BCUT2D eigenvalue weighted by molar-refractivity contribution is 0.340. The summed E-state index contributed by atoms with van der Waals surface area (Å²) < 4.78 is 7.95. The molecule has 158 valence electrons. The molecule has 1 aromatic carbocycles. The van der Waals surface area contributed by atoms with E-state index < -0.39 is 11.2 Å². The zero-order valence-electron chi connectivity index (χ0n) is 17.4. The van der Waals surface area contributed by atoms with E-state index in [0.29, 0.717) is 34.2 Å². The zero-order chi connectivity index (χ0) is 22.0. The van der Waals surface area contributed by atoms with Crippen LogP contribution < -0.4 is 16.0 Å². The lowest BCUT2D eigenvalue weighted by Crippen LogP contribution is -2.37. The molecule has 0 aliphatic rings. The highest BCUT2D eigenvalue weighted by Gasteiger charge is 2.18. The number of aryl methyl sites for hydroxylation is 1. The second-order valence-corrected chi connectivity index (χ2v) is 7.79. The number of fused-ring (bicyclic) bond motifs is 1. The fraction of sp³-hybridized carbons (Fsp3) is 0.227. The van der Waals surface area contributed by atoms with Crippen molar-refractivity contribution in [1.82, 2.24) is 24.1 Å². The molecular weight excluding hydrogens is 414 g/mol. The first-order valence-electron chi connectivity index (χ1n) is 9.73.